The number of rotatable bonds is 8. The first kappa shape index (κ1) is 48.4. The van der Waals surface area contributed by atoms with Crippen molar-refractivity contribution in [3.63, 3.8) is 0 Å². The van der Waals surface area contributed by atoms with E-state index in [1.165, 1.54) is 18.3 Å². The van der Waals surface area contributed by atoms with E-state index in [4.69, 9.17) is 21.1 Å². The van der Waals surface area contributed by atoms with Gasteiger partial charge in [-0.25, -0.2) is 24.4 Å². The molecular formula is C49H53ClF3N7O7. The number of benzene rings is 3. The van der Waals surface area contributed by atoms with Crippen molar-refractivity contribution in [3.05, 3.63) is 120 Å². The van der Waals surface area contributed by atoms with Crippen LogP contribution in [0.15, 0.2) is 104 Å². The summed E-state index contributed by atoms with van der Waals surface area (Å²) in [5.74, 6) is 0.600. The summed E-state index contributed by atoms with van der Waals surface area (Å²) < 4.78 is 54.0. The number of alkyl carbamates (subject to hydrolysis) is 1. The quantitative estimate of drug-likeness (QED) is 0.0998. The highest BCUT2D eigenvalue weighted by Gasteiger charge is 2.57. The number of nitrogens with zero attached hydrogens (tertiary/aromatic N) is 4. The maximum atomic E-state index is 12.9. The Morgan fingerprint density at radius 1 is 0.806 bits per heavy atom. The van der Waals surface area contributed by atoms with Gasteiger partial charge in [0, 0.05) is 72.9 Å². The minimum absolute atomic E-state index is 0.0269. The third-order valence-corrected chi connectivity index (χ3v) is 12.2. The summed E-state index contributed by atoms with van der Waals surface area (Å²) in [5.41, 5.74) is 1.74. The van der Waals surface area contributed by atoms with Crippen LogP contribution in [0.4, 0.5) is 33.4 Å². The number of anilines is 1. The van der Waals surface area contributed by atoms with Crippen molar-refractivity contribution in [2.45, 2.75) is 96.4 Å². The minimum atomic E-state index is -4.39. The zero-order valence-corrected chi connectivity index (χ0v) is 38.2. The Kier molecular flexibility index (Phi) is 14.9. The largest absolute Gasteiger partial charge is 0.449 e. The standard InChI is InChI=1S/C21H18F3N5O.C20H28N2O4.C8H7ClO2/c22-21(23,24)13-3-1-12(2-4-13)14-11-28-18(17-16(14)25-9-10-26-17)29-15-5-8-27-19(30)20(15)6-7-20;1-19(2,3)26-18(24)22-12-9-16(20(14-22)10-11-20)21-17(23)25-13-15-7-5-4-6-8-15;9-8(10)11-6-7-4-2-1-3-5-7/h1-4,9-11,15H,5-8H2,(H,27,30)(H,28,29);4-8,16H,9-14H2,1-3H3,(H,21,23);1-5H,6H2/t15-;;/m0../s1. The van der Waals surface area contributed by atoms with E-state index in [1.807, 2.05) is 81.4 Å². The maximum absolute atomic E-state index is 12.9. The molecule has 2 aliphatic carbocycles. The number of nitrogens with one attached hydrogen (secondary N) is 3. The van der Waals surface area contributed by atoms with Crippen LogP contribution in [0.2, 0.25) is 0 Å². The molecule has 4 fully saturated rings. The number of alkyl halides is 3. The van der Waals surface area contributed by atoms with Crippen molar-refractivity contribution in [1.29, 1.82) is 0 Å². The number of likely N-dealkylation sites (tertiary alicyclic amines) is 1. The average molecular weight is 944 g/mol. The average Bonchev–Trinajstić information content (AvgIpc) is 4.26. The number of carbonyl (C=O) groups is 4. The van der Waals surface area contributed by atoms with Gasteiger partial charge in [-0.1, -0.05) is 72.8 Å². The second-order valence-corrected chi connectivity index (χ2v) is 18.4. The number of hydrogen-bond acceptors (Lipinski definition) is 11. The third kappa shape index (κ3) is 12.7. The molecule has 5 aromatic rings. The van der Waals surface area contributed by atoms with Gasteiger partial charge < -0.3 is 35.1 Å². The summed E-state index contributed by atoms with van der Waals surface area (Å²) in [7, 11) is 0. The van der Waals surface area contributed by atoms with E-state index in [2.05, 4.69) is 35.6 Å². The van der Waals surface area contributed by atoms with E-state index >= 15 is 0 Å². The lowest BCUT2D eigenvalue weighted by atomic mass is 9.89. The summed E-state index contributed by atoms with van der Waals surface area (Å²) in [6.07, 6.45) is 4.82. The number of piperidine rings is 2. The molecule has 2 aromatic heterocycles. The van der Waals surface area contributed by atoms with Gasteiger partial charge >= 0.3 is 23.8 Å². The molecule has 3 amide bonds. The van der Waals surface area contributed by atoms with Gasteiger partial charge in [0.2, 0.25) is 5.91 Å². The Bertz CT molecular complexity index is 2520. The van der Waals surface area contributed by atoms with Crippen LogP contribution in [0.3, 0.4) is 0 Å². The first-order valence-corrected chi connectivity index (χ1v) is 22.5. The highest BCUT2D eigenvalue weighted by atomic mass is 35.5. The molecule has 67 heavy (non-hydrogen) atoms. The van der Waals surface area contributed by atoms with Crippen LogP contribution in [-0.2, 0) is 38.4 Å². The molecule has 2 atom stereocenters. The molecule has 0 radical (unpaired) electrons. The van der Waals surface area contributed by atoms with E-state index in [-0.39, 0.29) is 48.1 Å². The fraction of sp³-hybridized carbons (Fsp3) is 0.408. The normalized spacial score (nSPS) is 18.8. The monoisotopic (exact) mass is 943 g/mol. The molecule has 4 heterocycles. The Morgan fingerprint density at radius 3 is 1.99 bits per heavy atom. The van der Waals surface area contributed by atoms with Crippen molar-refractivity contribution >= 4 is 52.0 Å². The summed E-state index contributed by atoms with van der Waals surface area (Å²) >= 11 is 4.97. The van der Waals surface area contributed by atoms with Crippen LogP contribution < -0.4 is 16.0 Å². The number of ether oxygens (including phenoxy) is 3. The summed E-state index contributed by atoms with van der Waals surface area (Å²) in [5, 5.41) is 9.33. The summed E-state index contributed by atoms with van der Waals surface area (Å²) in [6, 6.07) is 23.9. The number of carbonyl (C=O) groups excluding carboxylic acids is 4. The molecule has 14 nitrogen and oxygen atoms in total. The molecule has 18 heteroatoms. The predicted molar refractivity (Wildman–Crippen MR) is 245 cm³/mol. The fourth-order valence-electron chi connectivity index (χ4n) is 8.30. The molecule has 2 saturated carbocycles. The van der Waals surface area contributed by atoms with Crippen molar-refractivity contribution < 1.29 is 46.6 Å². The number of hydrogen-bond donors (Lipinski definition) is 3. The zero-order valence-electron chi connectivity index (χ0n) is 37.4. The molecule has 3 aromatic carbocycles. The number of aromatic nitrogens is 3. The lowest BCUT2D eigenvalue weighted by Gasteiger charge is -2.39. The number of amides is 3. The van der Waals surface area contributed by atoms with Gasteiger partial charge in [-0.2, -0.15) is 13.2 Å². The zero-order chi connectivity index (χ0) is 47.8. The molecule has 1 unspecified atom stereocenters. The first-order chi connectivity index (χ1) is 31.9. The topological polar surface area (TPSA) is 174 Å². The second kappa shape index (κ2) is 20.6. The molecular weight excluding hydrogens is 891 g/mol. The highest BCUT2D eigenvalue weighted by Crippen LogP contribution is 2.53. The van der Waals surface area contributed by atoms with E-state index < -0.39 is 28.9 Å². The van der Waals surface area contributed by atoms with E-state index in [0.717, 1.165) is 61.8 Å². The van der Waals surface area contributed by atoms with Gasteiger partial charge in [0.05, 0.1) is 11.0 Å². The molecule has 2 spiro atoms. The van der Waals surface area contributed by atoms with Crippen molar-refractivity contribution in [2.75, 3.05) is 25.0 Å². The van der Waals surface area contributed by atoms with Crippen LogP contribution in [0, 0.1) is 10.8 Å². The van der Waals surface area contributed by atoms with Crippen LogP contribution in [0.5, 0.6) is 0 Å². The SMILES string of the molecule is CC(C)(C)OC(=O)N1CCC(NC(=O)OCc2ccccc2)C2(CC2)C1.O=C(Cl)OCc1ccccc1.O=C1NCC[C@H](Nc2ncc(-c3ccc(C(F)(F)F)cc3)c3nccnc23)C12CC2. The maximum Gasteiger partial charge on any atom is 0.416 e. The van der Waals surface area contributed by atoms with Gasteiger partial charge in [-0.3, -0.25) is 9.78 Å². The molecule has 354 valence electrons. The van der Waals surface area contributed by atoms with Gasteiger partial charge in [0.25, 0.3) is 0 Å². The second-order valence-electron chi connectivity index (χ2n) is 18.1. The van der Waals surface area contributed by atoms with Crippen LogP contribution in [-0.4, -0.2) is 80.7 Å². The Labute approximate surface area is 391 Å². The van der Waals surface area contributed by atoms with Gasteiger partial charge in [0.15, 0.2) is 5.82 Å². The number of fused-ring (bicyclic) bond motifs is 1. The van der Waals surface area contributed by atoms with E-state index in [1.54, 1.807) is 17.3 Å². The first-order valence-electron chi connectivity index (χ1n) is 22.1. The molecule has 0 bridgehead atoms. The Hall–Kier alpha value is -6.49. The fourth-order valence-corrected chi connectivity index (χ4v) is 8.35. The van der Waals surface area contributed by atoms with Crippen molar-refractivity contribution in [1.82, 2.24) is 30.5 Å². The summed E-state index contributed by atoms with van der Waals surface area (Å²) in [4.78, 5) is 62.0. The van der Waals surface area contributed by atoms with E-state index in [0.29, 0.717) is 47.6 Å². The van der Waals surface area contributed by atoms with Gasteiger partial charge in [-0.05, 0) is 88.1 Å². The minimum Gasteiger partial charge on any atom is -0.449 e. The van der Waals surface area contributed by atoms with Gasteiger partial charge in [0.1, 0.15) is 29.8 Å². The highest BCUT2D eigenvalue weighted by molar-refractivity contribution is 6.61. The van der Waals surface area contributed by atoms with Gasteiger partial charge in [-0.15, -0.1) is 0 Å². The van der Waals surface area contributed by atoms with Crippen molar-refractivity contribution in [2.24, 2.45) is 10.8 Å². The summed E-state index contributed by atoms with van der Waals surface area (Å²) in [6.45, 7) is 7.93. The number of pyridine rings is 1. The molecule has 4 aliphatic rings. The molecule has 2 aliphatic heterocycles. The van der Waals surface area contributed by atoms with Crippen LogP contribution in [0.25, 0.3) is 22.2 Å². The molecule has 9 rings (SSSR count). The lowest BCUT2D eigenvalue weighted by Crippen LogP contribution is -2.54. The predicted octanol–water partition coefficient (Wildman–Crippen LogP) is 10.1. The lowest BCUT2D eigenvalue weighted by molar-refractivity contribution is -0.137. The third-order valence-electron chi connectivity index (χ3n) is 12.1. The van der Waals surface area contributed by atoms with Crippen LogP contribution in [0.1, 0.15) is 76.0 Å². The molecule has 3 N–H and O–H groups in total. The number of halogens is 4. The van der Waals surface area contributed by atoms with E-state index in [9.17, 15) is 32.3 Å². The smallest absolute Gasteiger partial charge is 0.416 e. The molecule has 2 saturated heterocycles. The van der Waals surface area contributed by atoms with Crippen molar-refractivity contribution in [3.8, 4) is 11.1 Å². The Morgan fingerprint density at radius 2 is 1.42 bits per heavy atom. The van der Waals surface area contributed by atoms with Crippen LogP contribution >= 0.6 is 11.6 Å². The Balaban J connectivity index is 0.000000164.